The van der Waals surface area contributed by atoms with Crippen LogP contribution in [0.25, 0.3) is 22.2 Å². The van der Waals surface area contributed by atoms with Gasteiger partial charge in [0.25, 0.3) is 0 Å². The van der Waals surface area contributed by atoms with Crippen LogP contribution in [0.3, 0.4) is 0 Å². The van der Waals surface area contributed by atoms with E-state index in [1.165, 1.54) is 28.7 Å². The molecule has 2 aromatic heterocycles. The molecule has 3 aliphatic heterocycles. The van der Waals surface area contributed by atoms with Crippen molar-refractivity contribution in [2.24, 2.45) is 0 Å². The number of fused-ring (bicyclic) bond motifs is 3. The van der Waals surface area contributed by atoms with Crippen molar-refractivity contribution in [3.63, 3.8) is 0 Å². The van der Waals surface area contributed by atoms with Crippen molar-refractivity contribution in [2.75, 3.05) is 31.6 Å². The molecule has 0 spiro atoms. The fourth-order valence-electron chi connectivity index (χ4n) is 7.52. The Labute approximate surface area is 277 Å². The predicted octanol–water partition coefficient (Wildman–Crippen LogP) is 5.13. The van der Waals surface area contributed by atoms with Crippen molar-refractivity contribution >= 4 is 22.8 Å². The third-order valence-corrected chi connectivity index (χ3v) is 10.2. The molecule has 10 heteroatoms. The second kappa shape index (κ2) is 14.0. The number of aryl methyl sites for hydroxylation is 3. The normalized spacial score (nSPS) is 19.8. The largest absolute Gasteiger partial charge is 0.381 e. The summed E-state index contributed by atoms with van der Waals surface area (Å²) in [6.07, 6.45) is 5.82. The lowest BCUT2D eigenvalue weighted by atomic mass is 9.96. The van der Waals surface area contributed by atoms with Gasteiger partial charge in [0.15, 0.2) is 5.65 Å². The van der Waals surface area contributed by atoms with Gasteiger partial charge in [-0.05, 0) is 79.5 Å². The van der Waals surface area contributed by atoms with Gasteiger partial charge >= 0.3 is 6.03 Å². The van der Waals surface area contributed by atoms with Gasteiger partial charge in [0.2, 0.25) is 0 Å². The van der Waals surface area contributed by atoms with Gasteiger partial charge in [0, 0.05) is 81.9 Å². The van der Waals surface area contributed by atoms with E-state index in [-0.39, 0.29) is 6.03 Å². The highest BCUT2D eigenvalue weighted by molar-refractivity contribution is 5.92. The van der Waals surface area contributed by atoms with Crippen LogP contribution in [-0.4, -0.2) is 70.1 Å². The number of amides is 2. The SMILES string of the molecule is CCc1nc2c(cnn2CC)c(NC2CCOCC2)c1CNC(=O)NCc1ccc(C)c(-c2cccc(CN3C[C@@H]4C[C@H]3CN4)c2)c1. The Hall–Kier alpha value is -3.99. The van der Waals surface area contributed by atoms with Crippen molar-refractivity contribution in [3.05, 3.63) is 76.6 Å². The molecule has 248 valence electrons. The van der Waals surface area contributed by atoms with E-state index in [1.807, 2.05) is 10.9 Å². The highest BCUT2D eigenvalue weighted by Gasteiger charge is 2.37. The molecule has 4 N–H and O–H groups in total. The van der Waals surface area contributed by atoms with E-state index in [2.05, 4.69) is 94.5 Å². The van der Waals surface area contributed by atoms with Gasteiger partial charge in [-0.15, -0.1) is 0 Å². The molecule has 2 atom stereocenters. The molecule has 10 nitrogen and oxygen atoms in total. The number of urea groups is 1. The Morgan fingerprint density at radius 2 is 1.91 bits per heavy atom. The van der Waals surface area contributed by atoms with E-state index in [0.29, 0.717) is 31.2 Å². The number of nitrogens with one attached hydrogen (secondary N) is 4. The van der Waals surface area contributed by atoms with Crippen LogP contribution in [0.15, 0.2) is 48.7 Å². The van der Waals surface area contributed by atoms with Crippen LogP contribution in [-0.2, 0) is 37.3 Å². The minimum atomic E-state index is -0.202. The van der Waals surface area contributed by atoms with E-state index < -0.39 is 0 Å². The van der Waals surface area contributed by atoms with E-state index >= 15 is 0 Å². The number of aromatic nitrogens is 3. The van der Waals surface area contributed by atoms with E-state index in [4.69, 9.17) is 9.72 Å². The number of piperazine rings is 1. The standard InChI is InChI=1S/C37H48N8O2/c1-4-34-32(35(42-28-11-13-47-14-12-28)33-21-41-45(5-2)36(33)43-34)20-40-37(46)39-18-25-10-9-24(3)31(16-25)27-8-6-7-26(15-27)22-44-23-29-17-30(44)19-38-29/h6-10,15-16,21,28-30,38H,4-5,11-14,17-20,22-23H2,1-3H3,(H,42,43)(H2,39,40,46)/t29-,30-/m0/s1. The molecule has 2 bridgehead atoms. The molecule has 2 aromatic carbocycles. The van der Waals surface area contributed by atoms with Crippen LogP contribution in [0.2, 0.25) is 0 Å². The Balaban J connectivity index is 1.03. The van der Waals surface area contributed by atoms with Crippen molar-refractivity contribution in [1.29, 1.82) is 0 Å². The minimum Gasteiger partial charge on any atom is -0.381 e. The Morgan fingerprint density at radius 3 is 2.68 bits per heavy atom. The number of pyridine rings is 1. The van der Waals surface area contributed by atoms with Crippen molar-refractivity contribution in [2.45, 2.75) is 90.8 Å². The minimum absolute atomic E-state index is 0.202. The van der Waals surface area contributed by atoms with Gasteiger partial charge < -0.3 is 26.0 Å². The smallest absolute Gasteiger partial charge is 0.315 e. The van der Waals surface area contributed by atoms with Crippen LogP contribution in [0, 0.1) is 6.92 Å². The molecule has 5 heterocycles. The second-order valence-corrected chi connectivity index (χ2v) is 13.3. The summed E-state index contributed by atoms with van der Waals surface area (Å²) in [6.45, 7) is 12.7. The predicted molar refractivity (Wildman–Crippen MR) is 186 cm³/mol. The third kappa shape index (κ3) is 6.86. The Morgan fingerprint density at radius 1 is 1.06 bits per heavy atom. The Bertz CT molecular complexity index is 1730. The quantitative estimate of drug-likeness (QED) is 0.181. The first kappa shape index (κ1) is 31.6. The summed E-state index contributed by atoms with van der Waals surface area (Å²) in [5.41, 5.74) is 9.98. The van der Waals surface area contributed by atoms with E-state index in [9.17, 15) is 4.79 Å². The lowest BCUT2D eigenvalue weighted by molar-refractivity contribution is 0.0904. The highest BCUT2D eigenvalue weighted by atomic mass is 16.5. The van der Waals surface area contributed by atoms with Gasteiger partial charge in [-0.25, -0.2) is 14.5 Å². The first-order chi connectivity index (χ1) is 23.0. The molecule has 0 radical (unpaired) electrons. The number of carbonyl (C=O) groups excluding carboxylic acids is 1. The maximum absolute atomic E-state index is 13.2. The molecule has 0 unspecified atom stereocenters. The van der Waals surface area contributed by atoms with Gasteiger partial charge in [0.05, 0.1) is 17.3 Å². The highest BCUT2D eigenvalue weighted by Crippen LogP contribution is 2.32. The number of hydrogen-bond donors (Lipinski definition) is 4. The zero-order valence-electron chi connectivity index (χ0n) is 27.9. The van der Waals surface area contributed by atoms with Crippen molar-refractivity contribution in [3.8, 4) is 11.1 Å². The summed E-state index contributed by atoms with van der Waals surface area (Å²) in [5.74, 6) is 0. The first-order valence-electron chi connectivity index (χ1n) is 17.4. The molecule has 47 heavy (non-hydrogen) atoms. The average Bonchev–Trinajstić information content (AvgIpc) is 3.84. The van der Waals surface area contributed by atoms with Gasteiger partial charge in [0.1, 0.15) is 0 Å². The first-order valence-corrected chi connectivity index (χ1v) is 17.4. The van der Waals surface area contributed by atoms with Gasteiger partial charge in [-0.1, -0.05) is 37.3 Å². The molecule has 3 aliphatic rings. The zero-order chi connectivity index (χ0) is 32.3. The molecule has 3 saturated heterocycles. The number of rotatable bonds is 11. The number of anilines is 1. The molecule has 0 aliphatic carbocycles. The molecule has 4 aromatic rings. The topological polar surface area (TPSA) is 108 Å². The summed E-state index contributed by atoms with van der Waals surface area (Å²) < 4.78 is 7.54. The number of likely N-dealkylation sites (tertiary alicyclic amines) is 1. The Kier molecular flexibility index (Phi) is 9.42. The maximum atomic E-state index is 13.2. The maximum Gasteiger partial charge on any atom is 0.315 e. The van der Waals surface area contributed by atoms with Crippen LogP contribution in [0.4, 0.5) is 10.5 Å². The summed E-state index contributed by atoms with van der Waals surface area (Å²) in [4.78, 5) is 20.8. The fraction of sp³-hybridized carbons (Fsp3) is 0.486. The summed E-state index contributed by atoms with van der Waals surface area (Å²) in [7, 11) is 0. The van der Waals surface area contributed by atoms with Gasteiger partial charge in [-0.3, -0.25) is 4.90 Å². The summed E-state index contributed by atoms with van der Waals surface area (Å²) in [6, 6.07) is 16.8. The molecule has 7 rings (SSSR count). The molecule has 2 amide bonds. The summed E-state index contributed by atoms with van der Waals surface area (Å²) in [5, 5.41) is 19.2. The number of carbonyl (C=O) groups is 1. The van der Waals surface area contributed by atoms with E-state index in [0.717, 1.165) is 92.2 Å². The molecular formula is C37H48N8O2. The molecular weight excluding hydrogens is 588 g/mol. The van der Waals surface area contributed by atoms with Crippen LogP contribution >= 0.6 is 0 Å². The number of ether oxygens (including phenoxy) is 1. The lowest BCUT2D eigenvalue weighted by Crippen LogP contribution is -2.42. The van der Waals surface area contributed by atoms with Gasteiger partial charge in [-0.2, -0.15) is 5.10 Å². The lowest BCUT2D eigenvalue weighted by Gasteiger charge is -2.27. The van der Waals surface area contributed by atoms with Crippen LogP contribution < -0.4 is 21.3 Å². The van der Waals surface area contributed by atoms with Crippen LogP contribution in [0.1, 0.15) is 61.1 Å². The van der Waals surface area contributed by atoms with Crippen molar-refractivity contribution < 1.29 is 9.53 Å². The molecule has 3 fully saturated rings. The second-order valence-electron chi connectivity index (χ2n) is 13.3. The zero-order valence-corrected chi connectivity index (χ0v) is 27.9. The van der Waals surface area contributed by atoms with Crippen LogP contribution in [0.5, 0.6) is 0 Å². The molecule has 0 saturated carbocycles. The third-order valence-electron chi connectivity index (χ3n) is 10.2. The average molecular weight is 637 g/mol. The fourth-order valence-corrected chi connectivity index (χ4v) is 7.52. The van der Waals surface area contributed by atoms with E-state index in [1.54, 1.807) is 0 Å². The number of nitrogens with zero attached hydrogens (tertiary/aromatic N) is 4. The number of benzene rings is 2. The summed E-state index contributed by atoms with van der Waals surface area (Å²) >= 11 is 0. The monoisotopic (exact) mass is 636 g/mol. The number of hydrogen-bond acceptors (Lipinski definition) is 7. The van der Waals surface area contributed by atoms with Crippen molar-refractivity contribution in [1.82, 2.24) is 35.6 Å².